The van der Waals surface area contributed by atoms with Gasteiger partial charge in [0.15, 0.2) is 6.10 Å². The Kier molecular flexibility index (Phi) is 6.31. The van der Waals surface area contributed by atoms with Gasteiger partial charge < -0.3 is 14.2 Å². The molecule has 0 spiro atoms. The van der Waals surface area contributed by atoms with Gasteiger partial charge in [-0.3, -0.25) is 0 Å². The highest BCUT2D eigenvalue weighted by atomic mass is 16.6. The van der Waals surface area contributed by atoms with E-state index in [9.17, 15) is 14.4 Å². The Balaban J connectivity index is 2.71. The number of hydrogen-bond acceptors (Lipinski definition) is 6. The molecule has 0 saturated heterocycles. The maximum atomic E-state index is 12.0. The van der Waals surface area contributed by atoms with Crippen molar-refractivity contribution in [2.45, 2.75) is 26.4 Å². The van der Waals surface area contributed by atoms with E-state index in [0.29, 0.717) is 5.56 Å². The largest absolute Gasteiger partial charge is 0.465 e. The molecular formula is C16H18O6. The predicted molar refractivity (Wildman–Crippen MR) is 78.4 cm³/mol. The van der Waals surface area contributed by atoms with Gasteiger partial charge in [-0.2, -0.15) is 0 Å². The van der Waals surface area contributed by atoms with Crippen LogP contribution in [0, 0.1) is 0 Å². The lowest BCUT2D eigenvalue weighted by Gasteiger charge is -2.15. The van der Waals surface area contributed by atoms with E-state index in [2.05, 4.69) is 11.3 Å². The van der Waals surface area contributed by atoms with Crippen molar-refractivity contribution < 1.29 is 28.6 Å². The van der Waals surface area contributed by atoms with Crippen molar-refractivity contribution in [3.63, 3.8) is 0 Å². The third kappa shape index (κ3) is 4.73. The minimum atomic E-state index is -1.01. The second kappa shape index (κ2) is 7.97. The number of carbonyl (C=O) groups excluding carboxylic acids is 3. The number of ether oxygens (including phenoxy) is 3. The Labute approximate surface area is 128 Å². The van der Waals surface area contributed by atoms with Crippen molar-refractivity contribution in [2.75, 3.05) is 7.11 Å². The van der Waals surface area contributed by atoms with E-state index in [1.54, 1.807) is 6.92 Å². The van der Waals surface area contributed by atoms with Crippen LogP contribution < -0.4 is 4.74 Å². The second-order valence-electron chi connectivity index (χ2n) is 4.52. The van der Waals surface area contributed by atoms with E-state index < -0.39 is 24.0 Å². The molecule has 6 nitrogen and oxygen atoms in total. The summed E-state index contributed by atoms with van der Waals surface area (Å²) in [7, 11) is 1.28. The quantitative estimate of drug-likeness (QED) is 0.456. The molecule has 22 heavy (non-hydrogen) atoms. The predicted octanol–water partition coefficient (Wildman–Crippen LogP) is 2.28. The lowest BCUT2D eigenvalue weighted by molar-refractivity contribution is -0.159. The van der Waals surface area contributed by atoms with E-state index in [0.717, 1.165) is 0 Å². The summed E-state index contributed by atoms with van der Waals surface area (Å²) >= 11 is 0. The molecule has 0 fully saturated rings. The van der Waals surface area contributed by atoms with Crippen molar-refractivity contribution in [2.24, 2.45) is 0 Å². The molecule has 1 unspecified atom stereocenters. The number of methoxy groups -OCH3 is 1. The average Bonchev–Trinajstić information content (AvgIpc) is 2.51. The third-order valence-electron chi connectivity index (χ3n) is 2.73. The Morgan fingerprint density at radius 2 is 1.77 bits per heavy atom. The fraction of sp³-hybridized carbons (Fsp3) is 0.312. The van der Waals surface area contributed by atoms with Gasteiger partial charge in [0.1, 0.15) is 5.75 Å². The fourth-order valence-corrected chi connectivity index (χ4v) is 1.49. The first kappa shape index (κ1) is 17.4. The molecule has 118 valence electrons. The molecule has 6 heteroatoms. The van der Waals surface area contributed by atoms with Crippen LogP contribution in [0.4, 0.5) is 0 Å². The van der Waals surface area contributed by atoms with Crippen molar-refractivity contribution in [1.29, 1.82) is 0 Å². The second-order valence-corrected chi connectivity index (χ2v) is 4.52. The summed E-state index contributed by atoms with van der Waals surface area (Å²) in [4.78, 5) is 34.7. The average molecular weight is 306 g/mol. The molecule has 1 aromatic carbocycles. The van der Waals surface area contributed by atoms with Crippen LogP contribution in [0.25, 0.3) is 0 Å². The lowest BCUT2D eigenvalue weighted by atomic mass is 10.2. The number of carbonyl (C=O) groups is 3. The van der Waals surface area contributed by atoms with Gasteiger partial charge in [-0.05, 0) is 37.6 Å². The molecule has 0 saturated carbocycles. The van der Waals surface area contributed by atoms with Crippen LogP contribution in [0.5, 0.6) is 5.75 Å². The number of benzene rings is 1. The highest BCUT2D eigenvalue weighted by molar-refractivity contribution is 5.90. The molecule has 0 N–H and O–H groups in total. The summed E-state index contributed by atoms with van der Waals surface area (Å²) in [5.41, 5.74) is 0.539. The summed E-state index contributed by atoms with van der Waals surface area (Å²) in [5, 5.41) is 0. The Hall–Kier alpha value is -2.63. The SMILES string of the molecule is C=C(C)C(=O)OC(CC)C(=O)Oc1ccc(C(=O)OC)cc1. The topological polar surface area (TPSA) is 78.9 Å². The summed E-state index contributed by atoms with van der Waals surface area (Å²) in [6, 6.07) is 5.85. The summed E-state index contributed by atoms with van der Waals surface area (Å²) < 4.78 is 14.7. The van der Waals surface area contributed by atoms with E-state index in [1.807, 2.05) is 0 Å². The third-order valence-corrected chi connectivity index (χ3v) is 2.73. The molecule has 0 bridgehead atoms. The molecule has 1 atom stereocenters. The number of rotatable bonds is 6. The van der Waals surface area contributed by atoms with Crippen molar-refractivity contribution in [1.82, 2.24) is 0 Å². The maximum absolute atomic E-state index is 12.0. The normalized spacial score (nSPS) is 11.2. The van der Waals surface area contributed by atoms with Gasteiger partial charge in [0.05, 0.1) is 12.7 Å². The first-order valence-electron chi connectivity index (χ1n) is 6.65. The van der Waals surface area contributed by atoms with Crippen LogP contribution in [0.15, 0.2) is 36.4 Å². The van der Waals surface area contributed by atoms with Crippen molar-refractivity contribution >= 4 is 17.9 Å². The van der Waals surface area contributed by atoms with Gasteiger partial charge in [0.2, 0.25) is 0 Å². The maximum Gasteiger partial charge on any atom is 0.352 e. The molecular weight excluding hydrogens is 288 g/mol. The summed E-state index contributed by atoms with van der Waals surface area (Å²) in [6.45, 7) is 6.63. The van der Waals surface area contributed by atoms with Gasteiger partial charge in [-0.25, -0.2) is 14.4 Å². The standard InChI is InChI=1S/C16H18O6/c1-5-13(22-14(17)10(2)3)16(19)21-12-8-6-11(7-9-12)15(18)20-4/h6-9,13H,2,5H2,1,3-4H3. The molecule has 0 heterocycles. The molecule has 0 radical (unpaired) electrons. The summed E-state index contributed by atoms with van der Waals surface area (Å²) in [6.07, 6.45) is -0.734. The van der Waals surface area contributed by atoms with Crippen LogP contribution in [-0.4, -0.2) is 31.1 Å². The Bertz CT molecular complexity index is 573. The molecule has 0 aliphatic rings. The smallest absolute Gasteiger partial charge is 0.352 e. The number of hydrogen-bond donors (Lipinski definition) is 0. The van der Waals surface area contributed by atoms with Crippen molar-refractivity contribution in [3.05, 3.63) is 42.0 Å². The van der Waals surface area contributed by atoms with Gasteiger partial charge in [-0.1, -0.05) is 13.5 Å². The van der Waals surface area contributed by atoms with Crippen LogP contribution in [0.1, 0.15) is 30.6 Å². The van der Waals surface area contributed by atoms with Gasteiger partial charge in [0, 0.05) is 5.57 Å². The summed E-state index contributed by atoms with van der Waals surface area (Å²) in [5.74, 6) is -1.59. The van der Waals surface area contributed by atoms with E-state index in [-0.39, 0.29) is 17.7 Å². The minimum absolute atomic E-state index is 0.202. The van der Waals surface area contributed by atoms with Gasteiger partial charge in [-0.15, -0.1) is 0 Å². The highest BCUT2D eigenvalue weighted by Gasteiger charge is 2.23. The zero-order valence-corrected chi connectivity index (χ0v) is 12.8. The van der Waals surface area contributed by atoms with Crippen molar-refractivity contribution in [3.8, 4) is 5.75 Å². The van der Waals surface area contributed by atoms with Gasteiger partial charge >= 0.3 is 17.9 Å². The molecule has 0 amide bonds. The zero-order chi connectivity index (χ0) is 16.7. The minimum Gasteiger partial charge on any atom is -0.465 e. The van der Waals surface area contributed by atoms with Crippen LogP contribution in [0.2, 0.25) is 0 Å². The van der Waals surface area contributed by atoms with Crippen LogP contribution in [0.3, 0.4) is 0 Å². The molecule has 1 aromatic rings. The first-order valence-corrected chi connectivity index (χ1v) is 6.65. The lowest BCUT2D eigenvalue weighted by Crippen LogP contribution is -2.30. The molecule has 1 rings (SSSR count). The Morgan fingerprint density at radius 1 is 1.18 bits per heavy atom. The Morgan fingerprint density at radius 3 is 2.23 bits per heavy atom. The molecule has 0 aliphatic carbocycles. The first-order chi connectivity index (χ1) is 10.4. The monoisotopic (exact) mass is 306 g/mol. The van der Waals surface area contributed by atoms with Gasteiger partial charge in [0.25, 0.3) is 0 Å². The zero-order valence-electron chi connectivity index (χ0n) is 12.8. The van der Waals surface area contributed by atoms with E-state index >= 15 is 0 Å². The van der Waals surface area contributed by atoms with Crippen LogP contribution >= 0.6 is 0 Å². The molecule has 0 aromatic heterocycles. The number of esters is 3. The van der Waals surface area contributed by atoms with E-state index in [4.69, 9.17) is 9.47 Å². The van der Waals surface area contributed by atoms with E-state index in [1.165, 1.54) is 38.3 Å². The highest BCUT2D eigenvalue weighted by Crippen LogP contribution is 2.15. The van der Waals surface area contributed by atoms with Crippen LogP contribution in [-0.2, 0) is 19.1 Å². The molecule has 0 aliphatic heterocycles. The fourth-order valence-electron chi connectivity index (χ4n) is 1.49.